The number of aromatic nitrogens is 6. The molecule has 0 unspecified atom stereocenters. The first-order valence-electron chi connectivity index (χ1n) is 11.5. The molecule has 1 aliphatic carbocycles. The summed E-state index contributed by atoms with van der Waals surface area (Å²) >= 11 is 0. The van der Waals surface area contributed by atoms with Crippen LogP contribution in [0.25, 0.3) is 5.52 Å². The summed E-state index contributed by atoms with van der Waals surface area (Å²) in [5.41, 5.74) is 2.76. The van der Waals surface area contributed by atoms with E-state index < -0.39 is 0 Å². The molecule has 0 atom stereocenters. The SMILES string of the molecule is Cn1cccc1C(=O)NC1CCN(c2nc(Nc3cc(C4CC4)[nH]n3)c3cccn3n2)CC1. The number of hydrogen-bond acceptors (Lipinski definition) is 6. The van der Waals surface area contributed by atoms with Gasteiger partial charge in [-0.2, -0.15) is 10.1 Å². The maximum atomic E-state index is 12.5. The van der Waals surface area contributed by atoms with Gasteiger partial charge in [0.2, 0.25) is 5.95 Å². The highest BCUT2D eigenvalue weighted by atomic mass is 16.2. The van der Waals surface area contributed by atoms with E-state index in [4.69, 9.17) is 10.1 Å². The fourth-order valence-electron chi connectivity index (χ4n) is 4.45. The van der Waals surface area contributed by atoms with Gasteiger partial charge in [-0.05, 0) is 49.9 Å². The Balaban J connectivity index is 1.16. The Labute approximate surface area is 191 Å². The molecule has 2 aliphatic rings. The normalized spacial score (nSPS) is 16.9. The van der Waals surface area contributed by atoms with E-state index in [1.165, 1.54) is 18.5 Å². The lowest BCUT2D eigenvalue weighted by molar-refractivity contribution is 0.0923. The van der Waals surface area contributed by atoms with Gasteiger partial charge in [-0.1, -0.05) is 0 Å². The van der Waals surface area contributed by atoms with Crippen molar-refractivity contribution in [1.82, 2.24) is 34.7 Å². The highest BCUT2D eigenvalue weighted by Gasteiger charge is 2.26. The monoisotopic (exact) mass is 445 g/mol. The number of nitrogens with zero attached hydrogens (tertiary/aromatic N) is 6. The van der Waals surface area contributed by atoms with Gasteiger partial charge in [0.1, 0.15) is 11.2 Å². The largest absolute Gasteiger partial charge is 0.348 e. The average molecular weight is 446 g/mol. The first kappa shape index (κ1) is 19.8. The second kappa shape index (κ2) is 7.95. The predicted octanol–water partition coefficient (Wildman–Crippen LogP) is 2.81. The van der Waals surface area contributed by atoms with E-state index in [0.717, 1.165) is 43.1 Å². The molecule has 4 aromatic rings. The molecule has 1 saturated heterocycles. The van der Waals surface area contributed by atoms with Crippen LogP contribution in [0.4, 0.5) is 17.6 Å². The van der Waals surface area contributed by atoms with Crippen molar-refractivity contribution in [2.75, 3.05) is 23.3 Å². The van der Waals surface area contributed by atoms with Gasteiger partial charge in [-0.25, -0.2) is 4.52 Å². The number of anilines is 3. The standard InChI is InChI=1S/C23H27N9O/c1-30-10-2-5-19(30)22(33)24-16-8-12-31(13-9-16)23-26-21(18-4-3-11-32(18)29-23)25-20-14-17(27-28-20)15-6-7-15/h2-5,10-11,14-16H,6-9,12-13H2,1H3,(H,24,33)(H2,25,26,27,28,29). The summed E-state index contributed by atoms with van der Waals surface area (Å²) in [5.74, 6) is 2.77. The number of aromatic amines is 1. The van der Waals surface area contributed by atoms with Crippen LogP contribution in [-0.2, 0) is 7.05 Å². The summed E-state index contributed by atoms with van der Waals surface area (Å²) in [5, 5.41) is 18.8. The first-order valence-corrected chi connectivity index (χ1v) is 11.5. The molecule has 0 bridgehead atoms. The molecule has 6 rings (SSSR count). The van der Waals surface area contributed by atoms with E-state index >= 15 is 0 Å². The van der Waals surface area contributed by atoms with Crippen LogP contribution >= 0.6 is 0 Å². The lowest BCUT2D eigenvalue weighted by atomic mass is 10.1. The Kier molecular flexibility index (Phi) is 4.78. The molecular weight excluding hydrogens is 418 g/mol. The van der Waals surface area contributed by atoms with Gasteiger partial charge in [0, 0.05) is 56.3 Å². The second-order valence-electron chi connectivity index (χ2n) is 8.95. The van der Waals surface area contributed by atoms with Crippen molar-refractivity contribution in [3.8, 4) is 0 Å². The van der Waals surface area contributed by atoms with E-state index in [-0.39, 0.29) is 11.9 Å². The van der Waals surface area contributed by atoms with Gasteiger partial charge in [0.25, 0.3) is 5.91 Å². The number of hydrogen-bond donors (Lipinski definition) is 3. The summed E-state index contributed by atoms with van der Waals surface area (Å²) in [6.45, 7) is 1.55. The number of carbonyl (C=O) groups excluding carboxylic acids is 1. The molecule has 0 radical (unpaired) electrons. The Bertz CT molecular complexity index is 1290. The van der Waals surface area contributed by atoms with Crippen molar-refractivity contribution < 1.29 is 4.79 Å². The Morgan fingerprint density at radius 3 is 2.70 bits per heavy atom. The maximum Gasteiger partial charge on any atom is 0.268 e. The summed E-state index contributed by atoms with van der Waals surface area (Å²) in [4.78, 5) is 19.6. The van der Waals surface area contributed by atoms with Crippen LogP contribution in [0.1, 0.15) is 47.8 Å². The molecule has 0 spiro atoms. The van der Waals surface area contributed by atoms with Gasteiger partial charge in [-0.3, -0.25) is 9.89 Å². The first-order chi connectivity index (χ1) is 16.1. The molecule has 2 fully saturated rings. The number of aryl methyl sites for hydroxylation is 1. The minimum absolute atomic E-state index is 0.0259. The minimum Gasteiger partial charge on any atom is -0.348 e. The smallest absolute Gasteiger partial charge is 0.268 e. The zero-order valence-corrected chi connectivity index (χ0v) is 18.5. The molecule has 33 heavy (non-hydrogen) atoms. The molecular formula is C23H27N9O. The number of fused-ring (bicyclic) bond motifs is 1. The molecule has 170 valence electrons. The van der Waals surface area contributed by atoms with Crippen LogP contribution in [0.15, 0.2) is 42.7 Å². The molecule has 10 heteroatoms. The number of nitrogens with one attached hydrogen (secondary N) is 3. The van der Waals surface area contributed by atoms with Crippen molar-refractivity contribution in [1.29, 1.82) is 0 Å². The average Bonchev–Trinajstić information content (AvgIpc) is 3.18. The number of piperidine rings is 1. The Morgan fingerprint density at radius 2 is 1.94 bits per heavy atom. The van der Waals surface area contributed by atoms with E-state index in [1.54, 1.807) is 0 Å². The quantitative estimate of drug-likeness (QED) is 0.421. The molecule has 1 aliphatic heterocycles. The number of carbonyl (C=O) groups is 1. The summed E-state index contributed by atoms with van der Waals surface area (Å²) in [6.07, 6.45) is 7.95. The van der Waals surface area contributed by atoms with Crippen LogP contribution in [-0.4, -0.2) is 54.4 Å². The lowest BCUT2D eigenvalue weighted by Crippen LogP contribution is -2.45. The van der Waals surface area contributed by atoms with Gasteiger partial charge >= 0.3 is 0 Å². The van der Waals surface area contributed by atoms with Crippen molar-refractivity contribution in [2.45, 2.75) is 37.6 Å². The van der Waals surface area contributed by atoms with Crippen molar-refractivity contribution >= 4 is 29.0 Å². The molecule has 1 saturated carbocycles. The van der Waals surface area contributed by atoms with E-state index in [1.807, 2.05) is 52.8 Å². The molecule has 0 aromatic carbocycles. The summed E-state index contributed by atoms with van der Waals surface area (Å²) in [6, 6.07) is 9.89. The lowest BCUT2D eigenvalue weighted by Gasteiger charge is -2.32. The van der Waals surface area contributed by atoms with Crippen molar-refractivity contribution in [2.24, 2.45) is 7.05 Å². The third-order valence-corrected chi connectivity index (χ3v) is 6.53. The number of rotatable bonds is 6. The van der Waals surface area contributed by atoms with Gasteiger partial charge in [0.15, 0.2) is 11.6 Å². The minimum atomic E-state index is -0.0259. The zero-order valence-electron chi connectivity index (χ0n) is 18.5. The van der Waals surface area contributed by atoms with Gasteiger partial charge in [-0.15, -0.1) is 5.10 Å². The van der Waals surface area contributed by atoms with Gasteiger partial charge < -0.3 is 20.1 Å². The van der Waals surface area contributed by atoms with Crippen LogP contribution in [0.2, 0.25) is 0 Å². The van der Waals surface area contributed by atoms with Gasteiger partial charge in [0.05, 0.1) is 0 Å². The Morgan fingerprint density at radius 1 is 1.12 bits per heavy atom. The molecule has 10 nitrogen and oxygen atoms in total. The topological polar surface area (TPSA) is 108 Å². The molecule has 4 aromatic heterocycles. The van der Waals surface area contributed by atoms with Crippen molar-refractivity contribution in [3.05, 3.63) is 54.1 Å². The van der Waals surface area contributed by atoms with Crippen LogP contribution < -0.4 is 15.5 Å². The highest BCUT2D eigenvalue weighted by molar-refractivity contribution is 5.92. The molecule has 3 N–H and O–H groups in total. The second-order valence-corrected chi connectivity index (χ2v) is 8.95. The maximum absolute atomic E-state index is 12.5. The summed E-state index contributed by atoms with van der Waals surface area (Å²) in [7, 11) is 1.88. The fraction of sp³-hybridized carbons (Fsp3) is 0.391. The third kappa shape index (κ3) is 3.92. The predicted molar refractivity (Wildman–Crippen MR) is 125 cm³/mol. The van der Waals surface area contributed by atoms with Crippen LogP contribution in [0, 0.1) is 0 Å². The molecule has 5 heterocycles. The third-order valence-electron chi connectivity index (χ3n) is 6.53. The van der Waals surface area contributed by atoms with Crippen LogP contribution in [0.5, 0.6) is 0 Å². The van der Waals surface area contributed by atoms with Crippen LogP contribution in [0.3, 0.4) is 0 Å². The van der Waals surface area contributed by atoms with E-state index in [0.29, 0.717) is 17.6 Å². The van der Waals surface area contributed by atoms with Crippen molar-refractivity contribution in [3.63, 3.8) is 0 Å². The summed E-state index contributed by atoms with van der Waals surface area (Å²) < 4.78 is 3.69. The highest BCUT2D eigenvalue weighted by Crippen LogP contribution is 2.39. The zero-order chi connectivity index (χ0) is 22.4. The number of amides is 1. The van der Waals surface area contributed by atoms with E-state index in [2.05, 4.69) is 31.8 Å². The van der Waals surface area contributed by atoms with E-state index in [9.17, 15) is 4.79 Å². The Hall–Kier alpha value is -3.82. The molecule has 1 amide bonds. The number of H-pyrrole nitrogens is 1. The fourth-order valence-corrected chi connectivity index (χ4v) is 4.45.